The molecule has 0 aliphatic heterocycles. The predicted molar refractivity (Wildman–Crippen MR) is 99.5 cm³/mol. The number of nitrogens with zero attached hydrogens (tertiary/aromatic N) is 2. The molecule has 0 aliphatic rings. The molecule has 0 saturated heterocycles. The Bertz CT molecular complexity index is 944. The van der Waals surface area contributed by atoms with E-state index in [1.807, 2.05) is 37.3 Å². The van der Waals surface area contributed by atoms with Gasteiger partial charge in [0.2, 0.25) is 5.91 Å². The fourth-order valence-electron chi connectivity index (χ4n) is 2.68. The first-order chi connectivity index (χ1) is 12.4. The second kappa shape index (κ2) is 7.23. The van der Waals surface area contributed by atoms with E-state index in [1.165, 1.54) is 5.56 Å². The van der Waals surface area contributed by atoms with Gasteiger partial charge in [0.15, 0.2) is 0 Å². The van der Waals surface area contributed by atoms with Crippen LogP contribution < -0.4 is 5.73 Å². The van der Waals surface area contributed by atoms with E-state index < -0.39 is 5.91 Å². The Labute approximate surface area is 151 Å². The van der Waals surface area contributed by atoms with E-state index in [1.54, 1.807) is 36.2 Å². The summed E-state index contributed by atoms with van der Waals surface area (Å²) in [6.45, 7) is 2.38. The van der Waals surface area contributed by atoms with Crippen LogP contribution in [0.4, 0.5) is 0 Å². The van der Waals surface area contributed by atoms with Gasteiger partial charge in [-0.25, -0.2) is 0 Å². The largest absolute Gasteiger partial charge is 0.366 e. The molecule has 0 saturated carbocycles. The Balaban J connectivity index is 1.74. The maximum Gasteiger partial charge on any atom is 0.271 e. The van der Waals surface area contributed by atoms with Crippen molar-refractivity contribution in [3.8, 4) is 11.3 Å². The van der Waals surface area contributed by atoms with Crippen LogP contribution in [-0.2, 0) is 6.54 Å². The summed E-state index contributed by atoms with van der Waals surface area (Å²) in [6, 6.07) is 16.6. The third kappa shape index (κ3) is 3.80. The number of hydrogen-bond donors (Lipinski definition) is 2. The van der Waals surface area contributed by atoms with Gasteiger partial charge in [-0.05, 0) is 30.7 Å². The molecule has 6 heteroatoms. The number of hydrogen-bond acceptors (Lipinski definition) is 3. The lowest BCUT2D eigenvalue weighted by Crippen LogP contribution is -2.26. The van der Waals surface area contributed by atoms with Crippen LogP contribution >= 0.6 is 0 Å². The van der Waals surface area contributed by atoms with Gasteiger partial charge in [0, 0.05) is 24.7 Å². The van der Waals surface area contributed by atoms with Crippen molar-refractivity contribution in [1.29, 1.82) is 0 Å². The van der Waals surface area contributed by atoms with Gasteiger partial charge < -0.3 is 10.6 Å². The van der Waals surface area contributed by atoms with Crippen LogP contribution in [-0.4, -0.2) is 34.0 Å². The van der Waals surface area contributed by atoms with Gasteiger partial charge in [-0.1, -0.05) is 42.0 Å². The zero-order chi connectivity index (χ0) is 18.7. The molecule has 0 fully saturated rings. The lowest BCUT2D eigenvalue weighted by atomic mass is 10.1. The molecular weight excluding hydrogens is 328 g/mol. The number of carbonyl (C=O) groups is 2. The minimum absolute atomic E-state index is 0.180. The highest BCUT2D eigenvalue weighted by atomic mass is 16.2. The zero-order valence-corrected chi connectivity index (χ0v) is 14.7. The molecule has 2 amide bonds. The highest BCUT2D eigenvalue weighted by Gasteiger charge is 2.16. The normalized spacial score (nSPS) is 10.5. The van der Waals surface area contributed by atoms with Crippen LogP contribution in [0.5, 0.6) is 0 Å². The second-order valence-electron chi connectivity index (χ2n) is 6.26. The summed E-state index contributed by atoms with van der Waals surface area (Å²) in [5.74, 6) is -0.669. The van der Waals surface area contributed by atoms with Crippen molar-refractivity contribution in [3.05, 3.63) is 77.0 Å². The van der Waals surface area contributed by atoms with Crippen LogP contribution in [0, 0.1) is 6.92 Å². The third-order valence-electron chi connectivity index (χ3n) is 4.13. The Hall–Kier alpha value is -3.41. The smallest absolute Gasteiger partial charge is 0.271 e. The molecule has 0 spiro atoms. The first kappa shape index (κ1) is 17.4. The number of aromatic nitrogens is 2. The van der Waals surface area contributed by atoms with Gasteiger partial charge in [-0.2, -0.15) is 5.10 Å². The van der Waals surface area contributed by atoms with E-state index in [-0.39, 0.29) is 5.91 Å². The summed E-state index contributed by atoms with van der Waals surface area (Å²) in [5.41, 5.74) is 9.79. The average Bonchev–Trinajstić information content (AvgIpc) is 3.12. The number of nitrogens with two attached hydrogens (primary N) is 1. The number of benzene rings is 2. The molecule has 3 N–H and O–H groups in total. The lowest BCUT2D eigenvalue weighted by Gasteiger charge is -2.16. The average molecular weight is 348 g/mol. The van der Waals surface area contributed by atoms with Crippen molar-refractivity contribution in [2.45, 2.75) is 13.5 Å². The molecular formula is C20H20N4O2. The molecule has 3 aromatic rings. The van der Waals surface area contributed by atoms with E-state index in [2.05, 4.69) is 10.2 Å². The fraction of sp³-hybridized carbons (Fsp3) is 0.150. The SMILES string of the molecule is Cc1ccc(-c2cc(C(=O)N(C)Cc3cccc(C(N)=O)c3)[nH]n2)cc1. The first-order valence-electron chi connectivity index (χ1n) is 8.20. The van der Waals surface area contributed by atoms with Crippen LogP contribution in [0.2, 0.25) is 0 Å². The molecule has 0 bridgehead atoms. The summed E-state index contributed by atoms with van der Waals surface area (Å²) < 4.78 is 0. The van der Waals surface area contributed by atoms with Gasteiger partial charge in [0.1, 0.15) is 5.69 Å². The van der Waals surface area contributed by atoms with Crippen LogP contribution in [0.3, 0.4) is 0 Å². The van der Waals surface area contributed by atoms with E-state index in [9.17, 15) is 9.59 Å². The maximum atomic E-state index is 12.6. The number of H-pyrrole nitrogens is 1. The van der Waals surface area contributed by atoms with Gasteiger partial charge >= 0.3 is 0 Å². The number of nitrogens with one attached hydrogen (secondary N) is 1. The number of rotatable bonds is 5. The van der Waals surface area contributed by atoms with Crippen LogP contribution in [0.15, 0.2) is 54.6 Å². The van der Waals surface area contributed by atoms with Crippen molar-refractivity contribution < 1.29 is 9.59 Å². The molecule has 26 heavy (non-hydrogen) atoms. The monoisotopic (exact) mass is 348 g/mol. The lowest BCUT2D eigenvalue weighted by molar-refractivity contribution is 0.0779. The molecule has 0 atom stereocenters. The van der Waals surface area contributed by atoms with Crippen molar-refractivity contribution in [1.82, 2.24) is 15.1 Å². The topological polar surface area (TPSA) is 92.1 Å². The summed E-state index contributed by atoms with van der Waals surface area (Å²) >= 11 is 0. The minimum atomic E-state index is -0.489. The number of aromatic amines is 1. The number of amides is 2. The Morgan fingerprint density at radius 3 is 2.54 bits per heavy atom. The van der Waals surface area contributed by atoms with Gasteiger partial charge in [-0.3, -0.25) is 14.7 Å². The molecule has 132 valence electrons. The van der Waals surface area contributed by atoms with Crippen molar-refractivity contribution in [3.63, 3.8) is 0 Å². The van der Waals surface area contributed by atoms with E-state index in [0.717, 1.165) is 16.8 Å². The second-order valence-corrected chi connectivity index (χ2v) is 6.26. The first-order valence-corrected chi connectivity index (χ1v) is 8.20. The quantitative estimate of drug-likeness (QED) is 0.742. The molecule has 6 nitrogen and oxygen atoms in total. The predicted octanol–water partition coefficient (Wildman–Crippen LogP) is 2.76. The van der Waals surface area contributed by atoms with Crippen LogP contribution in [0.25, 0.3) is 11.3 Å². The van der Waals surface area contributed by atoms with E-state index in [4.69, 9.17) is 5.73 Å². The highest BCUT2D eigenvalue weighted by molar-refractivity contribution is 5.94. The van der Waals surface area contributed by atoms with E-state index in [0.29, 0.717) is 17.8 Å². The molecule has 0 radical (unpaired) electrons. The van der Waals surface area contributed by atoms with Crippen molar-refractivity contribution >= 4 is 11.8 Å². The summed E-state index contributed by atoms with van der Waals surface area (Å²) in [7, 11) is 1.70. The highest BCUT2D eigenvalue weighted by Crippen LogP contribution is 2.19. The summed E-state index contributed by atoms with van der Waals surface area (Å²) in [5, 5.41) is 7.03. The number of carbonyl (C=O) groups excluding carboxylic acids is 2. The Kier molecular flexibility index (Phi) is 4.84. The molecule has 1 heterocycles. The molecule has 2 aromatic carbocycles. The van der Waals surface area contributed by atoms with Crippen LogP contribution in [0.1, 0.15) is 32.0 Å². The fourth-order valence-corrected chi connectivity index (χ4v) is 2.68. The molecule has 0 unspecified atom stereocenters. The van der Waals surface area contributed by atoms with Gasteiger partial charge in [0.25, 0.3) is 5.91 Å². The summed E-state index contributed by atoms with van der Waals surface area (Å²) in [6.07, 6.45) is 0. The molecule has 1 aromatic heterocycles. The van der Waals surface area contributed by atoms with Gasteiger partial charge in [-0.15, -0.1) is 0 Å². The number of primary amides is 1. The molecule has 0 aliphatic carbocycles. The number of aryl methyl sites for hydroxylation is 1. The van der Waals surface area contributed by atoms with E-state index >= 15 is 0 Å². The van der Waals surface area contributed by atoms with Crippen molar-refractivity contribution in [2.75, 3.05) is 7.05 Å². The Morgan fingerprint density at radius 1 is 1.12 bits per heavy atom. The third-order valence-corrected chi connectivity index (χ3v) is 4.13. The summed E-state index contributed by atoms with van der Waals surface area (Å²) in [4.78, 5) is 25.5. The molecule has 3 rings (SSSR count). The maximum absolute atomic E-state index is 12.6. The Morgan fingerprint density at radius 2 is 1.85 bits per heavy atom. The standard InChI is InChI=1S/C20H20N4O2/c1-13-6-8-15(9-7-13)17-11-18(23-22-17)20(26)24(2)12-14-4-3-5-16(10-14)19(21)25/h3-11H,12H2,1-2H3,(H2,21,25)(H,22,23). The minimum Gasteiger partial charge on any atom is -0.366 e. The zero-order valence-electron chi connectivity index (χ0n) is 14.7. The van der Waals surface area contributed by atoms with Crippen molar-refractivity contribution in [2.24, 2.45) is 5.73 Å². The van der Waals surface area contributed by atoms with Gasteiger partial charge in [0.05, 0.1) is 5.69 Å².